The fraction of sp³-hybridized carbons (Fsp3) is 0.556. The van der Waals surface area contributed by atoms with Crippen LogP contribution in [-0.2, 0) is 6.61 Å². The molecule has 0 bridgehead atoms. The lowest BCUT2D eigenvalue weighted by Crippen LogP contribution is -2.08. The van der Waals surface area contributed by atoms with E-state index in [-0.39, 0.29) is 6.61 Å². The zero-order chi connectivity index (χ0) is 8.39. The Kier molecular flexibility index (Phi) is 2.44. The average Bonchev–Trinajstić information content (AvgIpc) is 2.74. The van der Waals surface area contributed by atoms with Crippen molar-refractivity contribution >= 4 is 11.3 Å². The first-order valence-corrected chi connectivity index (χ1v) is 5.17. The van der Waals surface area contributed by atoms with Gasteiger partial charge in [0.25, 0.3) is 0 Å². The fourth-order valence-corrected chi connectivity index (χ4v) is 2.59. The smallest absolute Gasteiger partial charge is 0.0777 e. The monoisotopic (exact) mass is 183 g/mol. The van der Waals surface area contributed by atoms with Gasteiger partial charge in [0.05, 0.1) is 6.61 Å². The van der Waals surface area contributed by atoms with Gasteiger partial charge in [-0.1, -0.05) is 0 Å². The molecule has 12 heavy (non-hydrogen) atoms. The summed E-state index contributed by atoms with van der Waals surface area (Å²) in [6.07, 6.45) is 1.21. The highest BCUT2D eigenvalue weighted by molar-refractivity contribution is 7.10. The largest absolute Gasteiger partial charge is 0.391 e. The molecule has 0 saturated carbocycles. The molecule has 0 aliphatic carbocycles. The molecule has 0 radical (unpaired) electrons. The Morgan fingerprint density at radius 1 is 1.67 bits per heavy atom. The van der Waals surface area contributed by atoms with E-state index in [4.69, 9.17) is 5.11 Å². The highest BCUT2D eigenvalue weighted by atomic mass is 32.1. The maximum absolute atomic E-state index is 9.06. The van der Waals surface area contributed by atoms with Gasteiger partial charge >= 0.3 is 0 Å². The van der Waals surface area contributed by atoms with Crippen LogP contribution in [0.15, 0.2) is 11.4 Å². The first kappa shape index (κ1) is 8.23. The van der Waals surface area contributed by atoms with Crippen LogP contribution in [0.25, 0.3) is 0 Å². The van der Waals surface area contributed by atoms with Gasteiger partial charge in [0.2, 0.25) is 0 Å². The zero-order valence-corrected chi connectivity index (χ0v) is 7.73. The van der Waals surface area contributed by atoms with E-state index in [1.54, 1.807) is 11.3 Å². The second-order valence-corrected chi connectivity index (χ2v) is 4.15. The summed E-state index contributed by atoms with van der Waals surface area (Å²) >= 11 is 1.66. The molecule has 66 valence electrons. The second kappa shape index (κ2) is 3.56. The zero-order valence-electron chi connectivity index (χ0n) is 6.92. The molecule has 1 aromatic rings. The van der Waals surface area contributed by atoms with Crippen molar-refractivity contribution in [2.24, 2.45) is 0 Å². The van der Waals surface area contributed by atoms with Gasteiger partial charge in [0, 0.05) is 11.4 Å². The predicted octanol–water partition coefficient (Wildman–Crippen LogP) is 1.32. The van der Waals surface area contributed by atoms with Gasteiger partial charge in [-0.3, -0.25) is 0 Å². The maximum atomic E-state index is 9.06. The van der Waals surface area contributed by atoms with Gasteiger partial charge in [-0.15, -0.1) is 11.3 Å². The Balaban J connectivity index is 2.19. The second-order valence-electron chi connectivity index (χ2n) is 3.15. The van der Waals surface area contributed by atoms with Crippen molar-refractivity contribution in [2.75, 3.05) is 13.1 Å². The maximum Gasteiger partial charge on any atom is 0.0777 e. The van der Waals surface area contributed by atoms with E-state index < -0.39 is 0 Å². The van der Waals surface area contributed by atoms with Crippen molar-refractivity contribution in [1.29, 1.82) is 0 Å². The quantitative estimate of drug-likeness (QED) is 0.724. The topological polar surface area (TPSA) is 32.3 Å². The Labute approximate surface area is 76.2 Å². The van der Waals surface area contributed by atoms with Crippen LogP contribution in [0.1, 0.15) is 22.8 Å². The standard InChI is InChI=1S/C9H13NOS/c11-6-9-8(2-4-12-9)7-1-3-10-5-7/h2,4,7,10-11H,1,3,5-6H2. The Morgan fingerprint density at radius 3 is 3.25 bits per heavy atom. The number of hydrogen-bond acceptors (Lipinski definition) is 3. The molecule has 1 unspecified atom stereocenters. The Bertz CT molecular complexity index is 253. The van der Waals surface area contributed by atoms with Gasteiger partial charge < -0.3 is 10.4 Å². The van der Waals surface area contributed by atoms with Crippen molar-refractivity contribution in [1.82, 2.24) is 5.32 Å². The summed E-state index contributed by atoms with van der Waals surface area (Å²) in [6, 6.07) is 2.15. The first-order chi connectivity index (χ1) is 5.92. The highest BCUT2D eigenvalue weighted by Gasteiger charge is 2.19. The van der Waals surface area contributed by atoms with Gasteiger partial charge in [0.15, 0.2) is 0 Å². The van der Waals surface area contributed by atoms with Crippen molar-refractivity contribution in [3.05, 3.63) is 21.9 Å². The van der Waals surface area contributed by atoms with Gasteiger partial charge in [-0.05, 0) is 35.9 Å². The molecular formula is C9H13NOS. The molecule has 2 rings (SSSR count). The third-order valence-electron chi connectivity index (χ3n) is 2.42. The molecule has 1 aromatic heterocycles. The van der Waals surface area contributed by atoms with Crippen molar-refractivity contribution < 1.29 is 5.11 Å². The summed E-state index contributed by atoms with van der Waals surface area (Å²) in [4.78, 5) is 1.14. The van der Waals surface area contributed by atoms with Crippen LogP contribution >= 0.6 is 11.3 Å². The summed E-state index contributed by atoms with van der Waals surface area (Å²) in [5.74, 6) is 0.637. The van der Waals surface area contributed by atoms with E-state index in [2.05, 4.69) is 16.8 Å². The van der Waals surface area contributed by atoms with E-state index in [9.17, 15) is 0 Å². The van der Waals surface area contributed by atoms with Gasteiger partial charge in [0.1, 0.15) is 0 Å². The molecule has 0 spiro atoms. The van der Waals surface area contributed by atoms with Crippen molar-refractivity contribution in [3.63, 3.8) is 0 Å². The number of nitrogens with one attached hydrogen (secondary N) is 1. The minimum atomic E-state index is 0.198. The van der Waals surface area contributed by atoms with Crippen LogP contribution in [0.3, 0.4) is 0 Å². The van der Waals surface area contributed by atoms with E-state index >= 15 is 0 Å². The van der Waals surface area contributed by atoms with Crippen LogP contribution in [0.4, 0.5) is 0 Å². The van der Waals surface area contributed by atoms with E-state index in [1.807, 2.05) is 0 Å². The summed E-state index contributed by atoms with van der Waals surface area (Å²) < 4.78 is 0. The predicted molar refractivity (Wildman–Crippen MR) is 50.5 cm³/mol. The third-order valence-corrected chi connectivity index (χ3v) is 3.35. The molecular weight excluding hydrogens is 170 g/mol. The number of thiophene rings is 1. The van der Waals surface area contributed by atoms with Crippen LogP contribution in [0.2, 0.25) is 0 Å². The normalized spacial score (nSPS) is 23.2. The molecule has 1 fully saturated rings. The Morgan fingerprint density at radius 2 is 2.58 bits per heavy atom. The van der Waals surface area contributed by atoms with Gasteiger partial charge in [-0.2, -0.15) is 0 Å². The lowest BCUT2D eigenvalue weighted by molar-refractivity contribution is 0.284. The molecule has 0 aromatic carbocycles. The third kappa shape index (κ3) is 1.40. The SMILES string of the molecule is OCc1sccc1C1CCNC1. The van der Waals surface area contributed by atoms with Crippen LogP contribution < -0.4 is 5.32 Å². The molecule has 2 nitrogen and oxygen atoms in total. The summed E-state index contributed by atoms with van der Waals surface area (Å²) in [7, 11) is 0. The molecule has 2 N–H and O–H groups in total. The lowest BCUT2D eigenvalue weighted by atomic mass is 9.99. The van der Waals surface area contributed by atoms with Crippen LogP contribution in [0, 0.1) is 0 Å². The Hall–Kier alpha value is -0.380. The average molecular weight is 183 g/mol. The number of aliphatic hydroxyl groups excluding tert-OH is 1. The molecule has 1 saturated heterocycles. The molecule has 0 amide bonds. The van der Waals surface area contributed by atoms with E-state index in [1.165, 1.54) is 12.0 Å². The molecule has 1 aliphatic heterocycles. The number of hydrogen-bond donors (Lipinski definition) is 2. The molecule has 1 aliphatic rings. The fourth-order valence-electron chi connectivity index (χ4n) is 1.76. The highest BCUT2D eigenvalue weighted by Crippen LogP contribution is 2.29. The van der Waals surface area contributed by atoms with E-state index in [0.29, 0.717) is 5.92 Å². The summed E-state index contributed by atoms with van der Waals surface area (Å²) in [6.45, 7) is 2.39. The number of rotatable bonds is 2. The van der Waals surface area contributed by atoms with Crippen LogP contribution in [0.5, 0.6) is 0 Å². The van der Waals surface area contributed by atoms with Gasteiger partial charge in [-0.25, -0.2) is 0 Å². The minimum Gasteiger partial charge on any atom is -0.391 e. The molecule has 3 heteroatoms. The van der Waals surface area contributed by atoms with Crippen LogP contribution in [-0.4, -0.2) is 18.2 Å². The first-order valence-electron chi connectivity index (χ1n) is 4.29. The molecule has 2 heterocycles. The van der Waals surface area contributed by atoms with E-state index in [0.717, 1.165) is 18.0 Å². The van der Waals surface area contributed by atoms with Crippen molar-refractivity contribution in [3.8, 4) is 0 Å². The minimum absolute atomic E-state index is 0.198. The number of aliphatic hydroxyl groups is 1. The summed E-state index contributed by atoms with van der Waals surface area (Å²) in [5, 5.41) is 14.5. The summed E-state index contributed by atoms with van der Waals surface area (Å²) in [5.41, 5.74) is 1.35. The molecule has 1 atom stereocenters. The van der Waals surface area contributed by atoms with Crippen molar-refractivity contribution in [2.45, 2.75) is 18.9 Å². The lowest BCUT2D eigenvalue weighted by Gasteiger charge is -2.07.